The summed E-state index contributed by atoms with van der Waals surface area (Å²) in [7, 11) is 0. The van der Waals surface area contributed by atoms with E-state index in [2.05, 4.69) is 9.98 Å². The van der Waals surface area contributed by atoms with Crippen molar-refractivity contribution in [3.05, 3.63) is 0 Å². The minimum atomic E-state index is -1.19. The summed E-state index contributed by atoms with van der Waals surface area (Å²) in [6, 6.07) is -1.19. The Balaban J connectivity index is -0.000000168. The van der Waals surface area contributed by atoms with Crippen LogP contribution in [0.15, 0.2) is 9.98 Å². The van der Waals surface area contributed by atoms with Crippen LogP contribution in [0.4, 0.5) is 4.79 Å². The molecule has 0 heterocycles. The van der Waals surface area contributed by atoms with Crippen molar-refractivity contribution < 1.29 is 24.0 Å². The van der Waals surface area contributed by atoms with Crippen molar-refractivity contribution in [1.82, 2.24) is 0 Å². The molecule has 0 aliphatic heterocycles. The van der Waals surface area contributed by atoms with Crippen LogP contribution in [0.1, 0.15) is 0 Å². The third-order valence-corrected chi connectivity index (χ3v) is 0.283. The molecule has 14 heavy (non-hydrogen) atoms. The fourth-order valence-corrected chi connectivity index (χ4v) is 0.103. The number of urea groups is 1. The first-order valence-electron chi connectivity index (χ1n) is 2.42. The molecule has 2 N–H and O–H groups in total. The van der Waals surface area contributed by atoms with Crippen LogP contribution in [0.25, 0.3) is 0 Å². The zero-order valence-electron chi connectivity index (χ0n) is 6.44. The Morgan fingerprint density at radius 2 is 1.07 bits per heavy atom. The van der Waals surface area contributed by atoms with E-state index in [1.807, 2.05) is 0 Å². The van der Waals surface area contributed by atoms with Crippen LogP contribution in [-0.2, 0) is 19.2 Å². The fraction of sp³-hybridized carbons (Fsp3) is 0. The fourth-order valence-electron chi connectivity index (χ4n) is 0.103. The molecule has 0 bridgehead atoms. The van der Waals surface area contributed by atoms with E-state index in [1.54, 1.807) is 0 Å². The van der Waals surface area contributed by atoms with Gasteiger partial charge in [0.25, 0.3) is 0 Å². The van der Waals surface area contributed by atoms with E-state index >= 15 is 0 Å². The Morgan fingerprint density at radius 3 is 1.21 bits per heavy atom. The van der Waals surface area contributed by atoms with Gasteiger partial charge in [0.05, 0.1) is 0 Å². The minimum absolute atomic E-state index is 0.750. The molecule has 0 fully saturated rings. The highest BCUT2D eigenvalue weighted by Crippen LogP contribution is 1.73. The molecule has 9 nitrogen and oxygen atoms in total. The van der Waals surface area contributed by atoms with Gasteiger partial charge in [0.15, 0.2) is 0 Å². The number of carbonyl (C=O) groups is 1. The Kier molecular flexibility index (Phi) is 27.8. The van der Waals surface area contributed by atoms with Crippen molar-refractivity contribution in [2.24, 2.45) is 9.98 Å². The first kappa shape index (κ1) is 17.3. The van der Waals surface area contributed by atoms with E-state index < -0.39 is 6.03 Å². The Bertz CT molecular complexity index is 292. The molecule has 0 atom stereocenters. The number of rotatable bonds is 0. The van der Waals surface area contributed by atoms with Crippen LogP contribution in [0, 0.1) is 10.8 Å². The summed E-state index contributed by atoms with van der Waals surface area (Å²) in [4.78, 5) is 49.7. The predicted molar refractivity (Wildman–Crippen MR) is 38.5 cm³/mol. The Hall–Kier alpha value is -2.81. The number of nitrogens with one attached hydrogen (secondary N) is 2. The lowest BCUT2D eigenvalue weighted by Crippen LogP contribution is -1.78. The summed E-state index contributed by atoms with van der Waals surface area (Å²) < 4.78 is 0. The van der Waals surface area contributed by atoms with Gasteiger partial charge in [-0.2, -0.15) is 0 Å². The lowest BCUT2D eigenvalue weighted by Gasteiger charge is -1.63. The van der Waals surface area contributed by atoms with Gasteiger partial charge < -0.3 is 0 Å². The topological polar surface area (TPSA) is 158 Å². The van der Waals surface area contributed by atoms with E-state index in [4.69, 9.17) is 20.4 Å². The van der Waals surface area contributed by atoms with Gasteiger partial charge in [-0.15, -0.1) is 9.98 Å². The molecule has 0 saturated heterocycles. The standard InChI is InChI=1S/C3N2O3.2CHNO/c6-1-4-3(8)5-2-7;2*2-1-3/h;2*2H. The molecule has 0 aliphatic rings. The maximum absolute atomic E-state index is 9.78. The quantitative estimate of drug-likeness (QED) is 0.398. The zero-order valence-corrected chi connectivity index (χ0v) is 6.44. The molecule has 9 heteroatoms. The molecular formula is C5H2N4O5. The second-order valence-corrected chi connectivity index (χ2v) is 0.893. The summed E-state index contributed by atoms with van der Waals surface area (Å²) in [5.41, 5.74) is 0. The first-order chi connectivity index (χ1) is 6.64. The average molecular weight is 198 g/mol. The third-order valence-electron chi connectivity index (χ3n) is 0.283. The van der Waals surface area contributed by atoms with E-state index in [-0.39, 0.29) is 0 Å². The molecule has 72 valence electrons. The largest absolute Gasteiger partial charge is 0.388 e. The van der Waals surface area contributed by atoms with Crippen LogP contribution >= 0.6 is 0 Å². The summed E-state index contributed by atoms with van der Waals surface area (Å²) in [6.07, 6.45) is 3.31. The summed E-state index contributed by atoms with van der Waals surface area (Å²) in [5.74, 6) is 0. The van der Waals surface area contributed by atoms with Gasteiger partial charge in [0.2, 0.25) is 24.3 Å². The number of isocyanates is 4. The van der Waals surface area contributed by atoms with E-state index in [1.165, 1.54) is 0 Å². The van der Waals surface area contributed by atoms with Crippen LogP contribution in [0.2, 0.25) is 0 Å². The van der Waals surface area contributed by atoms with Crippen molar-refractivity contribution >= 4 is 30.4 Å². The molecule has 0 unspecified atom stereocenters. The second-order valence-electron chi connectivity index (χ2n) is 0.893. The zero-order chi connectivity index (χ0) is 11.8. The van der Waals surface area contributed by atoms with Crippen LogP contribution in [0.3, 0.4) is 0 Å². The lowest BCUT2D eigenvalue weighted by molar-refractivity contribution is 0.257. The van der Waals surface area contributed by atoms with Crippen molar-refractivity contribution in [3.8, 4) is 0 Å². The highest BCUT2D eigenvalue weighted by molar-refractivity contribution is 5.84. The highest BCUT2D eigenvalue weighted by atomic mass is 16.2. The van der Waals surface area contributed by atoms with E-state index in [0.29, 0.717) is 0 Å². The van der Waals surface area contributed by atoms with E-state index in [0.717, 1.165) is 24.3 Å². The highest BCUT2D eigenvalue weighted by Gasteiger charge is 1.87. The van der Waals surface area contributed by atoms with Gasteiger partial charge in [-0.1, -0.05) is 0 Å². The average Bonchev–Trinajstić information content (AvgIpc) is 2.07. The smallest absolute Gasteiger partial charge is 0.242 e. The Labute approximate surface area is 76.2 Å². The molecule has 0 aromatic carbocycles. The second kappa shape index (κ2) is 22.5. The van der Waals surface area contributed by atoms with Gasteiger partial charge in [-0.05, 0) is 0 Å². The molecule has 0 aromatic heterocycles. The summed E-state index contributed by atoms with van der Waals surface area (Å²) in [5, 5.41) is 10.8. The number of carbonyl (C=O) groups excluding carboxylic acids is 5. The van der Waals surface area contributed by atoms with Gasteiger partial charge in [-0.25, -0.2) is 34.8 Å². The molecule has 0 spiro atoms. The van der Waals surface area contributed by atoms with Gasteiger partial charge >= 0.3 is 6.03 Å². The van der Waals surface area contributed by atoms with Crippen LogP contribution in [0.5, 0.6) is 0 Å². The Morgan fingerprint density at radius 1 is 0.857 bits per heavy atom. The van der Waals surface area contributed by atoms with Crippen molar-refractivity contribution in [3.63, 3.8) is 0 Å². The maximum atomic E-state index is 9.78. The maximum Gasteiger partial charge on any atom is 0.388 e. The molecule has 0 saturated carbocycles. The number of aliphatic imine (C=N–C) groups is 2. The lowest BCUT2D eigenvalue weighted by atomic mass is 11.1. The monoisotopic (exact) mass is 198 g/mol. The van der Waals surface area contributed by atoms with Gasteiger partial charge in [-0.3, -0.25) is 0 Å². The number of hydrogen-bond acceptors (Lipinski definition) is 7. The summed E-state index contributed by atoms with van der Waals surface area (Å²) in [6.45, 7) is 0. The number of amides is 2. The van der Waals surface area contributed by atoms with Crippen molar-refractivity contribution in [1.29, 1.82) is 10.8 Å². The molecule has 0 aliphatic carbocycles. The van der Waals surface area contributed by atoms with Gasteiger partial charge in [0.1, 0.15) is 0 Å². The molecule has 2 amide bonds. The number of nitrogens with zero attached hydrogens (tertiary/aromatic N) is 2. The predicted octanol–water partition coefficient (Wildman–Crippen LogP) is -0.420. The first-order valence-corrected chi connectivity index (χ1v) is 2.42. The third kappa shape index (κ3) is 60.6. The molecular weight excluding hydrogens is 196 g/mol. The van der Waals surface area contributed by atoms with Gasteiger partial charge in [0, 0.05) is 0 Å². The summed E-state index contributed by atoms with van der Waals surface area (Å²) >= 11 is 0. The van der Waals surface area contributed by atoms with E-state index in [9.17, 15) is 14.4 Å². The van der Waals surface area contributed by atoms with Crippen LogP contribution < -0.4 is 0 Å². The normalized spacial score (nSPS) is 4.57. The molecule has 0 rings (SSSR count). The van der Waals surface area contributed by atoms with Crippen molar-refractivity contribution in [2.75, 3.05) is 0 Å². The minimum Gasteiger partial charge on any atom is -0.242 e. The SMILES string of the molecule is N=C=O.N=C=O.O=C=NC(=O)N=C=O. The number of hydrogen-bond donors (Lipinski definition) is 2. The molecule has 0 radical (unpaired) electrons. The molecule has 0 aromatic rings. The van der Waals surface area contributed by atoms with Crippen molar-refractivity contribution in [2.45, 2.75) is 0 Å². The van der Waals surface area contributed by atoms with Crippen LogP contribution in [-0.4, -0.2) is 30.4 Å².